The topological polar surface area (TPSA) is 92.9 Å². The number of hydrogen-bond donors (Lipinski definition) is 1. The molecule has 7 nitrogen and oxygen atoms in total. The molecular formula is C23H26N2O5. The number of nitro groups is 1. The van der Waals surface area contributed by atoms with Crippen molar-refractivity contribution < 1.29 is 19.6 Å². The van der Waals surface area contributed by atoms with Crippen LogP contribution in [0.1, 0.15) is 30.4 Å². The van der Waals surface area contributed by atoms with Gasteiger partial charge in [-0.25, -0.2) is 0 Å². The first-order valence-electron chi connectivity index (χ1n) is 10.2. The van der Waals surface area contributed by atoms with Crippen molar-refractivity contribution in [1.82, 2.24) is 4.90 Å². The largest absolute Gasteiger partial charge is 0.468 e. The first kappa shape index (κ1) is 20.5. The average Bonchev–Trinajstić information content (AvgIpc) is 3.50. The van der Waals surface area contributed by atoms with Crippen LogP contribution in [0, 0.1) is 16.0 Å². The second-order valence-electron chi connectivity index (χ2n) is 8.37. The van der Waals surface area contributed by atoms with Gasteiger partial charge in [0.05, 0.1) is 23.0 Å². The van der Waals surface area contributed by atoms with Crippen molar-refractivity contribution in [3.05, 3.63) is 75.8 Å². The molecule has 0 amide bonds. The van der Waals surface area contributed by atoms with E-state index < -0.39 is 15.9 Å². The van der Waals surface area contributed by atoms with Gasteiger partial charge in [-0.3, -0.25) is 14.9 Å². The van der Waals surface area contributed by atoms with Crippen LogP contribution in [0.25, 0.3) is 0 Å². The highest BCUT2D eigenvalue weighted by Gasteiger charge is 2.62. The van der Waals surface area contributed by atoms with E-state index in [9.17, 15) is 20.0 Å². The third-order valence-corrected chi connectivity index (χ3v) is 6.72. The number of likely N-dealkylation sites (tertiary alicyclic amines) is 1. The van der Waals surface area contributed by atoms with Gasteiger partial charge in [-0.15, -0.1) is 0 Å². The monoisotopic (exact) mass is 410 g/mol. The zero-order valence-corrected chi connectivity index (χ0v) is 17.0. The van der Waals surface area contributed by atoms with E-state index in [1.54, 1.807) is 12.1 Å². The van der Waals surface area contributed by atoms with Crippen molar-refractivity contribution in [2.24, 2.45) is 5.92 Å². The lowest BCUT2D eigenvalue weighted by molar-refractivity contribution is -0.384. The Kier molecular flexibility index (Phi) is 5.34. The second kappa shape index (κ2) is 7.81. The first-order chi connectivity index (χ1) is 14.4. The lowest BCUT2D eigenvalue weighted by Gasteiger charge is -2.39. The maximum absolute atomic E-state index is 12.6. The molecule has 1 saturated carbocycles. The summed E-state index contributed by atoms with van der Waals surface area (Å²) in [7, 11) is 1.38. The summed E-state index contributed by atoms with van der Waals surface area (Å²) in [6, 6.07) is 16.0. The molecule has 158 valence electrons. The fourth-order valence-electron chi connectivity index (χ4n) is 4.79. The molecule has 0 bridgehead atoms. The lowest BCUT2D eigenvalue weighted by atomic mass is 9.84. The third-order valence-electron chi connectivity index (χ3n) is 6.72. The number of carbonyl (C=O) groups excluding carboxylic acids is 1. The Labute approximate surface area is 175 Å². The Balaban J connectivity index is 1.44. The summed E-state index contributed by atoms with van der Waals surface area (Å²) in [4.78, 5) is 25.4. The lowest BCUT2D eigenvalue weighted by Crippen LogP contribution is -2.44. The van der Waals surface area contributed by atoms with Crippen molar-refractivity contribution in [3.63, 3.8) is 0 Å². The fraction of sp³-hybridized carbons (Fsp3) is 0.435. The smallest absolute Gasteiger partial charge is 0.316 e. The first-order valence-corrected chi connectivity index (χ1v) is 10.2. The van der Waals surface area contributed by atoms with Crippen LogP contribution in [-0.4, -0.2) is 47.6 Å². The van der Waals surface area contributed by atoms with E-state index in [0.29, 0.717) is 19.3 Å². The van der Waals surface area contributed by atoms with Crippen LogP contribution in [0.5, 0.6) is 0 Å². The number of nitrogens with zero attached hydrogens (tertiary/aromatic N) is 2. The summed E-state index contributed by atoms with van der Waals surface area (Å²) in [6.07, 6.45) is 1.95. The maximum Gasteiger partial charge on any atom is 0.316 e. The van der Waals surface area contributed by atoms with E-state index in [2.05, 4.69) is 4.90 Å². The Hall–Kier alpha value is -2.77. The highest BCUT2D eigenvalue weighted by molar-refractivity contribution is 5.87. The molecule has 1 aliphatic carbocycles. The van der Waals surface area contributed by atoms with Crippen LogP contribution < -0.4 is 0 Å². The highest BCUT2D eigenvalue weighted by atomic mass is 16.6. The zero-order valence-electron chi connectivity index (χ0n) is 17.0. The molecule has 1 N–H and O–H groups in total. The van der Waals surface area contributed by atoms with Crippen LogP contribution in [0.15, 0.2) is 54.6 Å². The van der Waals surface area contributed by atoms with Crippen molar-refractivity contribution in [1.29, 1.82) is 0 Å². The molecule has 2 aliphatic rings. The van der Waals surface area contributed by atoms with Crippen LogP contribution >= 0.6 is 0 Å². The molecule has 0 aromatic heterocycles. The van der Waals surface area contributed by atoms with E-state index in [1.165, 1.54) is 19.2 Å². The summed E-state index contributed by atoms with van der Waals surface area (Å²) < 4.78 is 5.09. The normalized spacial score (nSPS) is 25.5. The molecule has 0 spiro atoms. The summed E-state index contributed by atoms with van der Waals surface area (Å²) >= 11 is 0. The van der Waals surface area contributed by atoms with Crippen molar-refractivity contribution in [2.45, 2.75) is 30.3 Å². The van der Waals surface area contributed by atoms with Crippen molar-refractivity contribution in [2.75, 3.05) is 26.7 Å². The van der Waals surface area contributed by atoms with Gasteiger partial charge in [-0.2, -0.15) is 0 Å². The quantitative estimate of drug-likeness (QED) is 0.447. The van der Waals surface area contributed by atoms with Crippen LogP contribution in [-0.2, 0) is 20.5 Å². The summed E-state index contributed by atoms with van der Waals surface area (Å²) in [5, 5.41) is 22.0. The molecule has 30 heavy (non-hydrogen) atoms. The number of esters is 1. The predicted molar refractivity (Wildman–Crippen MR) is 111 cm³/mol. The molecule has 0 radical (unpaired) electrons. The summed E-state index contributed by atoms with van der Waals surface area (Å²) in [5.41, 5.74) is 0.178. The number of benzene rings is 2. The van der Waals surface area contributed by atoms with Gasteiger partial charge >= 0.3 is 5.97 Å². The number of carbonyl (C=O) groups is 1. The Morgan fingerprint density at radius 3 is 2.33 bits per heavy atom. The molecule has 2 atom stereocenters. The van der Waals surface area contributed by atoms with E-state index >= 15 is 0 Å². The van der Waals surface area contributed by atoms with Crippen LogP contribution in [0.4, 0.5) is 5.69 Å². The van der Waals surface area contributed by atoms with Gasteiger partial charge in [0.25, 0.3) is 5.69 Å². The Morgan fingerprint density at radius 2 is 1.77 bits per heavy atom. The van der Waals surface area contributed by atoms with E-state index in [-0.39, 0.29) is 17.6 Å². The summed E-state index contributed by atoms with van der Waals surface area (Å²) in [5.74, 6) is -0.200. The average molecular weight is 410 g/mol. The van der Waals surface area contributed by atoms with E-state index in [1.807, 2.05) is 30.3 Å². The SMILES string of the molecule is COC(=O)C1(c2ccc([N+](=O)[O-])cc2)CC1CN1CCC(O)(c2ccccc2)CC1. The fourth-order valence-corrected chi connectivity index (χ4v) is 4.79. The van der Waals surface area contributed by atoms with Gasteiger partial charge in [0.15, 0.2) is 0 Å². The minimum atomic E-state index is -0.806. The van der Waals surface area contributed by atoms with Gasteiger partial charge in [-0.1, -0.05) is 42.5 Å². The van der Waals surface area contributed by atoms with Crippen molar-refractivity contribution in [3.8, 4) is 0 Å². The van der Waals surface area contributed by atoms with Crippen LogP contribution in [0.2, 0.25) is 0 Å². The molecule has 2 aromatic carbocycles. The van der Waals surface area contributed by atoms with Gasteiger partial charge in [0, 0.05) is 31.8 Å². The number of aliphatic hydroxyl groups is 1. The number of piperidine rings is 1. The Morgan fingerprint density at radius 1 is 1.13 bits per heavy atom. The molecular weight excluding hydrogens is 384 g/mol. The zero-order chi connectivity index (χ0) is 21.4. The number of hydrogen-bond acceptors (Lipinski definition) is 6. The maximum atomic E-state index is 12.6. The van der Waals surface area contributed by atoms with E-state index in [4.69, 9.17) is 4.74 Å². The molecule has 2 fully saturated rings. The van der Waals surface area contributed by atoms with Gasteiger partial charge in [0.1, 0.15) is 0 Å². The second-order valence-corrected chi connectivity index (χ2v) is 8.37. The van der Waals surface area contributed by atoms with Gasteiger partial charge in [-0.05, 0) is 36.3 Å². The molecule has 1 saturated heterocycles. The molecule has 7 heteroatoms. The number of nitro benzene ring substituents is 1. The predicted octanol–water partition coefficient (Wildman–Crippen LogP) is 3.01. The number of non-ortho nitro benzene ring substituents is 1. The molecule has 2 unspecified atom stereocenters. The molecule has 4 rings (SSSR count). The molecule has 1 heterocycles. The number of rotatable bonds is 6. The highest BCUT2D eigenvalue weighted by Crippen LogP contribution is 2.56. The molecule has 1 aliphatic heterocycles. The van der Waals surface area contributed by atoms with Crippen LogP contribution in [0.3, 0.4) is 0 Å². The van der Waals surface area contributed by atoms with E-state index in [0.717, 1.165) is 30.8 Å². The summed E-state index contributed by atoms with van der Waals surface area (Å²) in [6.45, 7) is 2.23. The molecule has 2 aromatic rings. The van der Waals surface area contributed by atoms with Crippen molar-refractivity contribution >= 4 is 11.7 Å². The standard InChI is InChI=1S/C23H26N2O5/c1-30-21(26)23(18-7-9-20(10-8-18)25(28)29)15-19(23)16-24-13-11-22(27,12-14-24)17-5-3-2-4-6-17/h2-10,19,27H,11-16H2,1H3. The number of methoxy groups -OCH3 is 1. The van der Waals surface area contributed by atoms with Gasteiger partial charge in [0.2, 0.25) is 0 Å². The number of ether oxygens (including phenoxy) is 1. The minimum absolute atomic E-state index is 0.00666. The van der Waals surface area contributed by atoms with Gasteiger partial charge < -0.3 is 14.7 Å². The Bertz CT molecular complexity index is 922. The third kappa shape index (κ3) is 3.59. The minimum Gasteiger partial charge on any atom is -0.468 e.